The minimum Gasteiger partial charge on any atom is -0.314 e. The van der Waals surface area contributed by atoms with Crippen molar-refractivity contribution in [1.29, 1.82) is 0 Å². The predicted molar refractivity (Wildman–Crippen MR) is 77.8 cm³/mol. The van der Waals surface area contributed by atoms with Crippen molar-refractivity contribution in [3.05, 3.63) is 54.2 Å². The molecule has 0 bridgehead atoms. The molecule has 0 unspecified atom stereocenters. The molecule has 2 heterocycles. The van der Waals surface area contributed by atoms with Gasteiger partial charge in [-0.15, -0.1) is 0 Å². The largest absolute Gasteiger partial charge is 0.314 e. The fourth-order valence-electron chi connectivity index (χ4n) is 2.53. The van der Waals surface area contributed by atoms with E-state index in [0.29, 0.717) is 0 Å². The number of nitrogens with one attached hydrogen (secondary N) is 1. The van der Waals surface area contributed by atoms with E-state index < -0.39 is 0 Å². The summed E-state index contributed by atoms with van der Waals surface area (Å²) in [6.07, 6.45) is 1.88. The van der Waals surface area contributed by atoms with Crippen molar-refractivity contribution >= 4 is 0 Å². The van der Waals surface area contributed by atoms with E-state index in [4.69, 9.17) is 0 Å². The Hall–Kier alpha value is -1.71. The fraction of sp³-hybridized carbons (Fsp3) is 0.312. The van der Waals surface area contributed by atoms with Gasteiger partial charge in [0.2, 0.25) is 0 Å². The first-order valence-corrected chi connectivity index (χ1v) is 6.86. The van der Waals surface area contributed by atoms with Gasteiger partial charge in [0.25, 0.3) is 0 Å². The monoisotopic (exact) mass is 253 g/mol. The highest BCUT2D eigenvalue weighted by Crippen LogP contribution is 2.22. The number of nitrogens with zero attached hydrogens (tertiary/aromatic N) is 2. The molecule has 0 aliphatic carbocycles. The number of hydrogen-bond acceptors (Lipinski definition) is 3. The molecule has 19 heavy (non-hydrogen) atoms. The Balaban J connectivity index is 1.85. The summed E-state index contributed by atoms with van der Waals surface area (Å²) >= 11 is 0. The van der Waals surface area contributed by atoms with Crippen molar-refractivity contribution in [1.82, 2.24) is 15.2 Å². The Kier molecular flexibility index (Phi) is 3.86. The molecular weight excluding hydrogens is 234 g/mol. The van der Waals surface area contributed by atoms with Gasteiger partial charge < -0.3 is 5.32 Å². The maximum Gasteiger partial charge on any atom is 0.0746 e. The van der Waals surface area contributed by atoms with Crippen molar-refractivity contribution in [3.63, 3.8) is 0 Å². The summed E-state index contributed by atoms with van der Waals surface area (Å²) in [4.78, 5) is 7.06. The molecule has 0 atom stereocenters. The van der Waals surface area contributed by atoms with Gasteiger partial charge in [-0.2, -0.15) is 0 Å². The third-order valence-corrected chi connectivity index (χ3v) is 3.54. The van der Waals surface area contributed by atoms with E-state index >= 15 is 0 Å². The number of aromatic nitrogens is 1. The standard InChI is InChI=1S/C16H19N3/c1-2-5-14(6-3-1)16-15(7-4-8-18-16)13-19-11-9-17-10-12-19/h1-8,17H,9-13H2. The lowest BCUT2D eigenvalue weighted by molar-refractivity contribution is 0.233. The van der Waals surface area contributed by atoms with Gasteiger partial charge in [0.15, 0.2) is 0 Å². The van der Waals surface area contributed by atoms with Gasteiger partial charge in [-0.1, -0.05) is 36.4 Å². The summed E-state index contributed by atoms with van der Waals surface area (Å²) in [5.74, 6) is 0. The highest BCUT2D eigenvalue weighted by atomic mass is 15.2. The minimum absolute atomic E-state index is 0.986. The first kappa shape index (κ1) is 12.3. The fourth-order valence-corrected chi connectivity index (χ4v) is 2.53. The third-order valence-electron chi connectivity index (χ3n) is 3.54. The maximum atomic E-state index is 4.57. The van der Waals surface area contributed by atoms with Crippen LogP contribution in [0, 0.1) is 0 Å². The molecule has 1 aromatic heterocycles. The smallest absolute Gasteiger partial charge is 0.0746 e. The van der Waals surface area contributed by atoms with Crippen LogP contribution in [0.1, 0.15) is 5.56 Å². The highest BCUT2D eigenvalue weighted by Gasteiger charge is 2.13. The summed E-state index contributed by atoms with van der Waals surface area (Å²) in [5.41, 5.74) is 3.63. The van der Waals surface area contributed by atoms with Gasteiger partial charge in [0, 0.05) is 44.5 Å². The van der Waals surface area contributed by atoms with Crippen LogP contribution >= 0.6 is 0 Å². The second-order valence-corrected chi connectivity index (χ2v) is 4.90. The van der Waals surface area contributed by atoms with E-state index in [2.05, 4.69) is 45.5 Å². The number of pyridine rings is 1. The number of piperazine rings is 1. The van der Waals surface area contributed by atoms with Crippen LogP contribution < -0.4 is 5.32 Å². The SMILES string of the molecule is c1ccc(-c2ncccc2CN2CCNCC2)cc1. The predicted octanol–water partition coefficient (Wildman–Crippen LogP) is 2.15. The maximum absolute atomic E-state index is 4.57. The second-order valence-electron chi connectivity index (χ2n) is 4.90. The van der Waals surface area contributed by atoms with E-state index in [1.807, 2.05) is 18.3 Å². The first-order valence-electron chi connectivity index (χ1n) is 6.86. The summed E-state index contributed by atoms with van der Waals surface area (Å²) in [6.45, 7) is 5.38. The molecule has 0 radical (unpaired) electrons. The molecule has 98 valence electrons. The molecular formula is C16H19N3. The topological polar surface area (TPSA) is 28.2 Å². The van der Waals surface area contributed by atoms with Gasteiger partial charge in [0.1, 0.15) is 0 Å². The Morgan fingerprint density at radius 2 is 1.79 bits per heavy atom. The summed E-state index contributed by atoms with van der Waals surface area (Å²) in [6, 6.07) is 14.7. The number of hydrogen-bond donors (Lipinski definition) is 1. The molecule has 0 saturated carbocycles. The van der Waals surface area contributed by atoms with Crippen molar-refractivity contribution < 1.29 is 0 Å². The van der Waals surface area contributed by atoms with Crippen LogP contribution in [0.25, 0.3) is 11.3 Å². The lowest BCUT2D eigenvalue weighted by Crippen LogP contribution is -2.42. The molecule has 0 spiro atoms. The van der Waals surface area contributed by atoms with Crippen molar-refractivity contribution in [2.24, 2.45) is 0 Å². The van der Waals surface area contributed by atoms with Crippen LogP contribution in [-0.2, 0) is 6.54 Å². The van der Waals surface area contributed by atoms with Gasteiger partial charge in [-0.25, -0.2) is 0 Å². The normalized spacial score (nSPS) is 16.4. The zero-order valence-electron chi connectivity index (χ0n) is 11.0. The molecule has 1 fully saturated rings. The average molecular weight is 253 g/mol. The molecule has 2 aromatic rings. The lowest BCUT2D eigenvalue weighted by atomic mass is 10.1. The van der Waals surface area contributed by atoms with E-state index in [1.54, 1.807) is 0 Å². The van der Waals surface area contributed by atoms with Gasteiger partial charge in [0.05, 0.1) is 5.69 Å². The molecule has 1 aromatic carbocycles. The molecule has 0 amide bonds. The summed E-state index contributed by atoms with van der Waals surface area (Å²) < 4.78 is 0. The highest BCUT2D eigenvalue weighted by molar-refractivity contribution is 5.62. The minimum atomic E-state index is 0.986. The number of rotatable bonds is 3. The van der Waals surface area contributed by atoms with Crippen molar-refractivity contribution in [2.45, 2.75) is 6.54 Å². The van der Waals surface area contributed by atoms with E-state index in [0.717, 1.165) is 38.4 Å². The van der Waals surface area contributed by atoms with Crippen LogP contribution in [0.15, 0.2) is 48.7 Å². The number of benzene rings is 1. The molecule has 1 saturated heterocycles. The Labute approximate surface area is 114 Å². The van der Waals surface area contributed by atoms with Crippen molar-refractivity contribution in [2.75, 3.05) is 26.2 Å². The van der Waals surface area contributed by atoms with Gasteiger partial charge >= 0.3 is 0 Å². The Morgan fingerprint density at radius 3 is 2.58 bits per heavy atom. The zero-order chi connectivity index (χ0) is 12.9. The van der Waals surface area contributed by atoms with Crippen LogP contribution in [0.4, 0.5) is 0 Å². The van der Waals surface area contributed by atoms with Crippen LogP contribution in [0.3, 0.4) is 0 Å². The quantitative estimate of drug-likeness (QED) is 0.908. The van der Waals surface area contributed by atoms with Crippen LogP contribution in [-0.4, -0.2) is 36.1 Å². The Morgan fingerprint density at radius 1 is 1.00 bits per heavy atom. The molecule has 3 heteroatoms. The molecule has 3 nitrogen and oxygen atoms in total. The lowest BCUT2D eigenvalue weighted by Gasteiger charge is -2.27. The second kappa shape index (κ2) is 5.95. The molecule has 3 rings (SSSR count). The van der Waals surface area contributed by atoms with Crippen LogP contribution in [0.2, 0.25) is 0 Å². The summed E-state index contributed by atoms with van der Waals surface area (Å²) in [7, 11) is 0. The molecule has 1 aliphatic heterocycles. The van der Waals surface area contributed by atoms with Crippen LogP contribution in [0.5, 0.6) is 0 Å². The average Bonchev–Trinajstić information content (AvgIpc) is 2.50. The molecule has 1 aliphatic rings. The van der Waals surface area contributed by atoms with Gasteiger partial charge in [-0.3, -0.25) is 9.88 Å². The Bertz CT molecular complexity index is 519. The van der Waals surface area contributed by atoms with Gasteiger partial charge in [-0.05, 0) is 11.6 Å². The third kappa shape index (κ3) is 3.00. The van der Waals surface area contributed by atoms with E-state index in [-0.39, 0.29) is 0 Å². The summed E-state index contributed by atoms with van der Waals surface area (Å²) in [5, 5.41) is 3.39. The zero-order valence-corrected chi connectivity index (χ0v) is 11.0. The van der Waals surface area contributed by atoms with E-state index in [9.17, 15) is 0 Å². The molecule has 1 N–H and O–H groups in total. The van der Waals surface area contributed by atoms with Crippen molar-refractivity contribution in [3.8, 4) is 11.3 Å². The first-order chi connectivity index (χ1) is 9.43. The van der Waals surface area contributed by atoms with E-state index in [1.165, 1.54) is 11.1 Å².